The molecule has 0 atom stereocenters. The monoisotopic (exact) mass is 355 g/mol. The lowest BCUT2D eigenvalue weighted by Crippen LogP contribution is -2.40. The molecule has 0 saturated carbocycles. The molecule has 0 aliphatic rings. The molecule has 6 nitrogen and oxygen atoms in total. The van der Waals surface area contributed by atoms with Crippen molar-refractivity contribution in [3.05, 3.63) is 71.6 Å². The van der Waals surface area contributed by atoms with E-state index in [1.54, 1.807) is 19.1 Å². The van der Waals surface area contributed by atoms with E-state index in [0.29, 0.717) is 23.2 Å². The minimum Gasteiger partial charge on any atom is -0.326 e. The Balaban J connectivity index is 1.84. The Labute approximate surface area is 150 Å². The van der Waals surface area contributed by atoms with Crippen molar-refractivity contribution in [2.45, 2.75) is 13.3 Å². The molecule has 3 N–H and O–H groups in total. The van der Waals surface area contributed by atoms with Gasteiger partial charge in [0.25, 0.3) is 11.8 Å². The second kappa shape index (κ2) is 9.12. The highest BCUT2D eigenvalue weighted by molar-refractivity contribution is 5.98. The van der Waals surface area contributed by atoms with E-state index < -0.39 is 11.8 Å². The van der Waals surface area contributed by atoms with Gasteiger partial charge in [-0.1, -0.05) is 19.1 Å². The molecule has 7 heteroatoms. The molecule has 2 aromatic carbocycles. The van der Waals surface area contributed by atoms with Crippen molar-refractivity contribution < 1.29 is 18.8 Å². The van der Waals surface area contributed by atoms with Gasteiger partial charge in [0.1, 0.15) is 5.82 Å². The van der Waals surface area contributed by atoms with Gasteiger partial charge < -0.3 is 5.32 Å². The van der Waals surface area contributed by atoms with Gasteiger partial charge in [-0.2, -0.15) is 0 Å². The molecule has 0 aromatic heterocycles. The fourth-order valence-corrected chi connectivity index (χ4v) is 1.93. The fourth-order valence-electron chi connectivity index (χ4n) is 1.93. The first-order valence-corrected chi connectivity index (χ1v) is 7.92. The summed E-state index contributed by atoms with van der Waals surface area (Å²) in [6.45, 7) is 1.74. The van der Waals surface area contributed by atoms with Crippen molar-refractivity contribution in [1.82, 2.24) is 10.9 Å². The summed E-state index contributed by atoms with van der Waals surface area (Å²) in [5.74, 6) is -1.52. The lowest BCUT2D eigenvalue weighted by Gasteiger charge is -2.07. The first-order valence-electron chi connectivity index (χ1n) is 7.92. The van der Waals surface area contributed by atoms with Gasteiger partial charge in [0, 0.05) is 23.7 Å². The van der Waals surface area contributed by atoms with Gasteiger partial charge in [-0.15, -0.1) is 0 Å². The third-order valence-electron chi connectivity index (χ3n) is 3.35. The van der Waals surface area contributed by atoms with Crippen molar-refractivity contribution in [1.29, 1.82) is 0 Å². The summed E-state index contributed by atoms with van der Waals surface area (Å²) in [6.07, 6.45) is 3.07. The Hall–Kier alpha value is -3.48. The zero-order chi connectivity index (χ0) is 18.9. The summed E-state index contributed by atoms with van der Waals surface area (Å²) in [5, 5.41) is 2.67. The van der Waals surface area contributed by atoms with E-state index in [-0.39, 0.29) is 11.7 Å². The van der Waals surface area contributed by atoms with Crippen LogP contribution in [0.1, 0.15) is 29.3 Å². The predicted molar refractivity (Wildman–Crippen MR) is 96.4 cm³/mol. The smallest absolute Gasteiger partial charge is 0.269 e. The summed E-state index contributed by atoms with van der Waals surface area (Å²) in [4.78, 5) is 35.0. The number of rotatable bonds is 5. The highest BCUT2D eigenvalue weighted by Crippen LogP contribution is 2.09. The van der Waals surface area contributed by atoms with Crippen LogP contribution in [0.4, 0.5) is 10.1 Å². The largest absolute Gasteiger partial charge is 0.326 e. The molecule has 2 aromatic rings. The quantitative estimate of drug-likeness (QED) is 0.569. The Kier molecular flexibility index (Phi) is 6.61. The van der Waals surface area contributed by atoms with Crippen LogP contribution in [-0.2, 0) is 9.59 Å². The van der Waals surface area contributed by atoms with Crippen molar-refractivity contribution in [2.75, 3.05) is 5.32 Å². The topological polar surface area (TPSA) is 87.3 Å². The minimum atomic E-state index is -0.533. The van der Waals surface area contributed by atoms with E-state index >= 15 is 0 Å². The Bertz CT molecular complexity index is 815. The first kappa shape index (κ1) is 18.9. The molecule has 0 aliphatic carbocycles. The number of hydrazine groups is 1. The standard InChI is InChI=1S/C19H18FN3O3/c1-2-17(24)21-16-10-6-14(7-11-16)19(26)23-22-18(25)12-5-13-3-8-15(20)9-4-13/h3-12H,2H2,1H3,(H,21,24)(H,22,25)(H,23,26). The fraction of sp³-hybridized carbons (Fsp3) is 0.105. The number of hydrogen-bond donors (Lipinski definition) is 3. The molecule has 0 heterocycles. The summed E-state index contributed by atoms with van der Waals surface area (Å²) in [6, 6.07) is 11.9. The zero-order valence-corrected chi connectivity index (χ0v) is 14.1. The first-order chi connectivity index (χ1) is 12.5. The molecule has 0 spiro atoms. The van der Waals surface area contributed by atoms with Gasteiger partial charge in [-0.25, -0.2) is 4.39 Å². The van der Waals surface area contributed by atoms with Crippen LogP contribution in [0, 0.1) is 5.82 Å². The molecule has 3 amide bonds. The minimum absolute atomic E-state index is 0.123. The van der Waals surface area contributed by atoms with E-state index in [0.717, 1.165) is 0 Å². The van der Waals surface area contributed by atoms with Crippen LogP contribution in [0.3, 0.4) is 0 Å². The van der Waals surface area contributed by atoms with Gasteiger partial charge in [-0.05, 0) is 48.0 Å². The second-order valence-electron chi connectivity index (χ2n) is 5.31. The average Bonchev–Trinajstić information content (AvgIpc) is 2.66. The van der Waals surface area contributed by atoms with Crippen LogP contribution in [0.15, 0.2) is 54.6 Å². The molecule has 0 bridgehead atoms. The van der Waals surface area contributed by atoms with Crippen LogP contribution in [0.2, 0.25) is 0 Å². The lowest BCUT2D eigenvalue weighted by molar-refractivity contribution is -0.117. The zero-order valence-electron chi connectivity index (χ0n) is 14.1. The van der Waals surface area contributed by atoms with Crippen LogP contribution < -0.4 is 16.2 Å². The number of nitrogens with one attached hydrogen (secondary N) is 3. The Morgan fingerprint density at radius 1 is 0.962 bits per heavy atom. The van der Waals surface area contributed by atoms with Gasteiger partial charge in [0.2, 0.25) is 5.91 Å². The number of carbonyl (C=O) groups is 3. The normalized spacial score (nSPS) is 10.4. The third-order valence-corrected chi connectivity index (χ3v) is 3.35. The summed E-state index contributed by atoms with van der Waals surface area (Å²) in [7, 11) is 0. The van der Waals surface area contributed by atoms with E-state index in [2.05, 4.69) is 16.2 Å². The van der Waals surface area contributed by atoms with E-state index in [4.69, 9.17) is 0 Å². The number of anilines is 1. The second-order valence-corrected chi connectivity index (χ2v) is 5.31. The number of amides is 3. The molecule has 0 radical (unpaired) electrons. The SMILES string of the molecule is CCC(=O)Nc1ccc(C(=O)NNC(=O)C=Cc2ccc(F)cc2)cc1. The molecular formula is C19H18FN3O3. The van der Waals surface area contributed by atoms with Crippen LogP contribution in [-0.4, -0.2) is 17.7 Å². The number of halogens is 1. The molecule has 134 valence electrons. The van der Waals surface area contributed by atoms with Crippen molar-refractivity contribution in [3.8, 4) is 0 Å². The highest BCUT2D eigenvalue weighted by Gasteiger charge is 2.06. The maximum absolute atomic E-state index is 12.8. The summed E-state index contributed by atoms with van der Waals surface area (Å²) >= 11 is 0. The van der Waals surface area contributed by atoms with Crippen LogP contribution in [0.25, 0.3) is 6.08 Å². The highest BCUT2D eigenvalue weighted by atomic mass is 19.1. The number of carbonyl (C=O) groups excluding carboxylic acids is 3. The molecule has 0 fully saturated rings. The van der Waals surface area contributed by atoms with Crippen LogP contribution >= 0.6 is 0 Å². The maximum atomic E-state index is 12.8. The summed E-state index contributed by atoms with van der Waals surface area (Å²) < 4.78 is 12.8. The van der Waals surface area contributed by atoms with Gasteiger partial charge in [0.15, 0.2) is 0 Å². The maximum Gasteiger partial charge on any atom is 0.269 e. The summed E-state index contributed by atoms with van der Waals surface area (Å²) in [5.41, 5.74) is 6.08. The van der Waals surface area contributed by atoms with E-state index in [9.17, 15) is 18.8 Å². The molecule has 0 saturated heterocycles. The molecule has 2 rings (SSSR count). The average molecular weight is 355 g/mol. The van der Waals surface area contributed by atoms with Gasteiger partial charge in [-0.3, -0.25) is 25.2 Å². The molecule has 0 aliphatic heterocycles. The molecule has 26 heavy (non-hydrogen) atoms. The van der Waals surface area contributed by atoms with Crippen molar-refractivity contribution in [3.63, 3.8) is 0 Å². The third kappa shape index (κ3) is 5.86. The molecular weight excluding hydrogens is 337 g/mol. The van der Waals surface area contributed by atoms with Gasteiger partial charge >= 0.3 is 0 Å². The van der Waals surface area contributed by atoms with E-state index in [1.807, 2.05) is 0 Å². The predicted octanol–water partition coefficient (Wildman–Crippen LogP) is 2.65. The van der Waals surface area contributed by atoms with Gasteiger partial charge in [0.05, 0.1) is 0 Å². The molecule has 0 unspecified atom stereocenters. The Morgan fingerprint density at radius 2 is 1.62 bits per heavy atom. The van der Waals surface area contributed by atoms with Crippen molar-refractivity contribution in [2.24, 2.45) is 0 Å². The van der Waals surface area contributed by atoms with Crippen molar-refractivity contribution >= 4 is 29.5 Å². The Morgan fingerprint density at radius 3 is 2.23 bits per heavy atom. The number of benzene rings is 2. The number of hydrogen-bond acceptors (Lipinski definition) is 3. The van der Waals surface area contributed by atoms with E-state index in [1.165, 1.54) is 48.6 Å². The lowest BCUT2D eigenvalue weighted by atomic mass is 10.2. The van der Waals surface area contributed by atoms with Crippen LogP contribution in [0.5, 0.6) is 0 Å².